The number of rotatable bonds is 8. The van der Waals surface area contributed by atoms with Gasteiger partial charge in [0.2, 0.25) is 0 Å². The van der Waals surface area contributed by atoms with E-state index in [0.29, 0.717) is 44.9 Å². The minimum Gasteiger partial charge on any atom is -0.496 e. The van der Waals surface area contributed by atoms with E-state index in [4.69, 9.17) is 4.74 Å². The van der Waals surface area contributed by atoms with Gasteiger partial charge in [0, 0.05) is 56.1 Å². The number of thiophene rings is 1. The van der Waals surface area contributed by atoms with Crippen molar-refractivity contribution in [2.24, 2.45) is 0 Å². The van der Waals surface area contributed by atoms with Crippen molar-refractivity contribution < 1.29 is 23.5 Å². The molecular formula is C22H25FN4O4S. The Kier molecular flexibility index (Phi) is 6.83. The van der Waals surface area contributed by atoms with Gasteiger partial charge in [-0.25, -0.2) is 14.1 Å². The van der Waals surface area contributed by atoms with Crippen LogP contribution in [0.1, 0.15) is 10.4 Å². The average molecular weight is 461 g/mol. The van der Waals surface area contributed by atoms with E-state index in [9.17, 15) is 18.8 Å². The van der Waals surface area contributed by atoms with Crippen LogP contribution in [0.2, 0.25) is 0 Å². The summed E-state index contributed by atoms with van der Waals surface area (Å²) in [7, 11) is 1.56. The summed E-state index contributed by atoms with van der Waals surface area (Å²) in [6.07, 6.45) is 0.540. The molecule has 1 aromatic carbocycles. The van der Waals surface area contributed by atoms with E-state index >= 15 is 0 Å². The normalized spacial score (nSPS) is 18.1. The molecule has 2 aliphatic heterocycles. The van der Waals surface area contributed by atoms with Crippen LogP contribution >= 0.6 is 11.3 Å². The molecule has 2 saturated heterocycles. The smallest absolute Gasteiger partial charge is 0.335 e. The van der Waals surface area contributed by atoms with E-state index < -0.39 is 17.8 Å². The van der Waals surface area contributed by atoms with Crippen molar-refractivity contribution >= 4 is 29.2 Å². The first-order valence-electron chi connectivity index (χ1n) is 10.4. The first-order valence-corrected chi connectivity index (χ1v) is 11.3. The number of benzene rings is 1. The molecule has 0 spiro atoms. The lowest BCUT2D eigenvalue weighted by Crippen LogP contribution is -2.51. The Morgan fingerprint density at radius 2 is 1.72 bits per heavy atom. The molecule has 2 aromatic rings. The zero-order valence-corrected chi connectivity index (χ0v) is 18.6. The molecule has 10 heteroatoms. The molecule has 0 atom stereocenters. The number of piperazine rings is 1. The zero-order chi connectivity index (χ0) is 22.7. The average Bonchev–Trinajstić information content (AvgIpc) is 3.37. The number of hydrogen-bond donors (Lipinski definition) is 0. The van der Waals surface area contributed by atoms with Gasteiger partial charge < -0.3 is 4.74 Å². The van der Waals surface area contributed by atoms with Gasteiger partial charge in [0.15, 0.2) is 0 Å². The molecule has 2 aliphatic rings. The van der Waals surface area contributed by atoms with Crippen LogP contribution in [-0.4, -0.2) is 83.9 Å². The fraction of sp³-hybridized carbons (Fsp3) is 0.409. The second-order valence-corrected chi connectivity index (χ2v) is 8.83. The maximum absolute atomic E-state index is 13.6. The van der Waals surface area contributed by atoms with Crippen LogP contribution in [0.3, 0.4) is 0 Å². The minimum atomic E-state index is -0.770. The highest BCUT2D eigenvalue weighted by atomic mass is 32.1. The Balaban J connectivity index is 1.30. The first-order chi connectivity index (χ1) is 15.5. The lowest BCUT2D eigenvalue weighted by molar-refractivity contribution is -0.144. The largest absolute Gasteiger partial charge is 0.496 e. The lowest BCUT2D eigenvalue weighted by Gasteiger charge is -2.36. The number of carbonyl (C=O) groups excluding carboxylic acids is 3. The molecule has 8 nitrogen and oxygen atoms in total. The summed E-state index contributed by atoms with van der Waals surface area (Å²) in [5.74, 6) is -1.20. The number of urea groups is 1. The number of ether oxygens (including phenoxy) is 1. The Labute approximate surface area is 189 Å². The molecule has 32 heavy (non-hydrogen) atoms. The summed E-state index contributed by atoms with van der Waals surface area (Å²) in [4.78, 5) is 44.7. The molecule has 0 saturated carbocycles. The van der Waals surface area contributed by atoms with Crippen molar-refractivity contribution in [1.82, 2.24) is 19.6 Å². The standard InChI is InChI=1S/C22H25FN4O4S/c1-31-19-5-4-17(23)13-16(19)14-24-8-10-25(11-9-24)15-27-21(29)20(28)26(22(27)30)7-6-18-3-2-12-32-18/h2-5,12-13H,6-11,14-15H2,1H3. The SMILES string of the molecule is COc1ccc(F)cc1CN1CCN(CN2C(=O)C(=O)N(CCc3cccs3)C2=O)CC1. The minimum absolute atomic E-state index is 0.0933. The second-order valence-electron chi connectivity index (χ2n) is 7.79. The Morgan fingerprint density at radius 1 is 1.00 bits per heavy atom. The number of amides is 4. The predicted octanol–water partition coefficient (Wildman–Crippen LogP) is 2.00. The molecule has 3 heterocycles. The molecule has 2 fully saturated rings. The monoisotopic (exact) mass is 460 g/mol. The van der Waals surface area contributed by atoms with E-state index in [0.717, 1.165) is 20.2 Å². The van der Waals surface area contributed by atoms with E-state index in [-0.39, 0.29) is 19.0 Å². The van der Waals surface area contributed by atoms with Gasteiger partial charge in [-0.15, -0.1) is 11.3 Å². The lowest BCUT2D eigenvalue weighted by atomic mass is 10.1. The van der Waals surface area contributed by atoms with Crippen LogP contribution in [-0.2, 0) is 22.6 Å². The summed E-state index contributed by atoms with van der Waals surface area (Å²) in [5.41, 5.74) is 0.776. The van der Waals surface area contributed by atoms with Gasteiger partial charge in [-0.2, -0.15) is 0 Å². The van der Waals surface area contributed by atoms with Crippen molar-refractivity contribution in [3.63, 3.8) is 0 Å². The highest BCUT2D eigenvalue weighted by Gasteiger charge is 2.44. The molecule has 0 aliphatic carbocycles. The van der Waals surface area contributed by atoms with Crippen molar-refractivity contribution in [3.05, 3.63) is 52.0 Å². The molecular weight excluding hydrogens is 435 g/mol. The number of carbonyl (C=O) groups is 3. The van der Waals surface area contributed by atoms with Gasteiger partial charge in [-0.05, 0) is 29.6 Å². The fourth-order valence-corrected chi connectivity index (χ4v) is 4.65. The topological polar surface area (TPSA) is 73.4 Å². The Hall–Kier alpha value is -2.82. The van der Waals surface area contributed by atoms with Crippen LogP contribution in [0.25, 0.3) is 0 Å². The van der Waals surface area contributed by atoms with Crippen LogP contribution in [0.5, 0.6) is 5.75 Å². The van der Waals surface area contributed by atoms with E-state index in [2.05, 4.69) is 4.90 Å². The highest BCUT2D eigenvalue weighted by Crippen LogP contribution is 2.22. The molecule has 170 valence electrons. The van der Waals surface area contributed by atoms with Gasteiger partial charge in [0.05, 0.1) is 13.8 Å². The third kappa shape index (κ3) is 4.82. The summed E-state index contributed by atoms with van der Waals surface area (Å²) >= 11 is 1.55. The molecule has 0 unspecified atom stereocenters. The molecule has 0 N–H and O–H groups in total. The van der Waals surface area contributed by atoms with Crippen molar-refractivity contribution in [1.29, 1.82) is 0 Å². The number of halogens is 1. The number of nitrogens with zero attached hydrogens (tertiary/aromatic N) is 4. The fourth-order valence-electron chi connectivity index (χ4n) is 3.95. The molecule has 4 amide bonds. The quantitative estimate of drug-likeness (QED) is 0.443. The summed E-state index contributed by atoms with van der Waals surface area (Å²) in [6.45, 7) is 3.46. The first kappa shape index (κ1) is 22.4. The molecule has 0 bridgehead atoms. The second kappa shape index (κ2) is 9.76. The van der Waals surface area contributed by atoms with Gasteiger partial charge >= 0.3 is 17.8 Å². The van der Waals surface area contributed by atoms with Gasteiger partial charge in [-0.3, -0.25) is 24.3 Å². The molecule has 1 aromatic heterocycles. The zero-order valence-electron chi connectivity index (χ0n) is 17.8. The van der Waals surface area contributed by atoms with Crippen LogP contribution in [0.15, 0.2) is 35.7 Å². The Morgan fingerprint density at radius 3 is 2.41 bits per heavy atom. The summed E-state index contributed by atoms with van der Waals surface area (Å²) in [5, 5.41) is 1.93. The van der Waals surface area contributed by atoms with Crippen LogP contribution in [0, 0.1) is 5.82 Å². The van der Waals surface area contributed by atoms with Crippen LogP contribution in [0.4, 0.5) is 9.18 Å². The summed E-state index contributed by atoms with van der Waals surface area (Å²) in [6, 6.07) is 7.76. The van der Waals surface area contributed by atoms with E-state index in [1.165, 1.54) is 12.1 Å². The number of methoxy groups -OCH3 is 1. The van der Waals surface area contributed by atoms with E-state index in [1.54, 1.807) is 24.5 Å². The van der Waals surface area contributed by atoms with Crippen molar-refractivity contribution in [2.75, 3.05) is 46.5 Å². The predicted molar refractivity (Wildman–Crippen MR) is 117 cm³/mol. The number of hydrogen-bond acceptors (Lipinski definition) is 7. The number of imide groups is 2. The maximum atomic E-state index is 13.6. The Bertz CT molecular complexity index is 992. The third-order valence-electron chi connectivity index (χ3n) is 5.74. The molecule has 0 radical (unpaired) electrons. The van der Waals surface area contributed by atoms with Crippen molar-refractivity contribution in [3.8, 4) is 5.75 Å². The summed E-state index contributed by atoms with van der Waals surface area (Å²) < 4.78 is 18.9. The van der Waals surface area contributed by atoms with Gasteiger partial charge in [0.1, 0.15) is 11.6 Å². The van der Waals surface area contributed by atoms with Gasteiger partial charge in [-0.1, -0.05) is 6.07 Å². The van der Waals surface area contributed by atoms with Crippen LogP contribution < -0.4 is 4.74 Å². The molecule has 4 rings (SSSR count). The maximum Gasteiger partial charge on any atom is 0.335 e. The third-order valence-corrected chi connectivity index (χ3v) is 6.68. The van der Waals surface area contributed by atoms with E-state index in [1.807, 2.05) is 22.4 Å². The van der Waals surface area contributed by atoms with Crippen molar-refractivity contribution in [2.45, 2.75) is 13.0 Å². The highest BCUT2D eigenvalue weighted by molar-refractivity contribution is 7.09. The van der Waals surface area contributed by atoms with Gasteiger partial charge in [0.25, 0.3) is 0 Å².